The fraction of sp³-hybridized carbons (Fsp3) is 0.263. The van der Waals surface area contributed by atoms with Crippen molar-refractivity contribution in [1.82, 2.24) is 10.2 Å². The fourth-order valence-electron chi connectivity index (χ4n) is 2.28. The van der Waals surface area contributed by atoms with E-state index < -0.39 is 0 Å². The maximum Gasteiger partial charge on any atom is 0.239 e. The van der Waals surface area contributed by atoms with Crippen LogP contribution < -0.4 is 5.32 Å². The predicted octanol–water partition coefficient (Wildman–Crippen LogP) is 2.39. The first-order chi connectivity index (χ1) is 11.1. The van der Waals surface area contributed by atoms with E-state index in [1.807, 2.05) is 60.7 Å². The first kappa shape index (κ1) is 16.7. The van der Waals surface area contributed by atoms with Crippen LogP contribution in [0.25, 0.3) is 0 Å². The van der Waals surface area contributed by atoms with Crippen LogP contribution in [0.4, 0.5) is 0 Å². The number of rotatable bonds is 7. The summed E-state index contributed by atoms with van der Waals surface area (Å²) < 4.78 is 0. The molecule has 0 atom stereocenters. The molecule has 0 saturated carbocycles. The molecular formula is C19H22N2O2. The van der Waals surface area contributed by atoms with E-state index >= 15 is 0 Å². The molecule has 0 saturated heterocycles. The van der Waals surface area contributed by atoms with Crippen LogP contribution in [-0.4, -0.2) is 29.8 Å². The van der Waals surface area contributed by atoms with Crippen molar-refractivity contribution in [3.8, 4) is 0 Å². The lowest BCUT2D eigenvalue weighted by atomic mass is 10.1. The van der Waals surface area contributed by atoms with E-state index in [1.54, 1.807) is 4.90 Å². The topological polar surface area (TPSA) is 49.4 Å². The first-order valence-corrected chi connectivity index (χ1v) is 7.75. The lowest BCUT2D eigenvalue weighted by molar-refractivity contribution is -0.134. The third-order valence-electron chi connectivity index (χ3n) is 3.63. The van der Waals surface area contributed by atoms with Gasteiger partial charge in [0.25, 0.3) is 0 Å². The monoisotopic (exact) mass is 310 g/mol. The lowest BCUT2D eigenvalue weighted by Crippen LogP contribution is -2.40. The van der Waals surface area contributed by atoms with Crippen molar-refractivity contribution in [1.29, 1.82) is 0 Å². The van der Waals surface area contributed by atoms with Gasteiger partial charge in [0.1, 0.15) is 0 Å². The molecule has 1 N–H and O–H groups in total. The molecule has 4 heteroatoms. The SMILES string of the molecule is CC(=O)N(CCc1ccccc1)CC(=O)NCc1ccccc1. The Kier molecular flexibility index (Phi) is 6.36. The number of hydrogen-bond donors (Lipinski definition) is 1. The van der Waals surface area contributed by atoms with Gasteiger partial charge in [-0.05, 0) is 17.5 Å². The molecule has 23 heavy (non-hydrogen) atoms. The molecule has 0 aliphatic heterocycles. The number of carbonyl (C=O) groups is 2. The summed E-state index contributed by atoms with van der Waals surface area (Å²) in [5.74, 6) is -0.229. The minimum Gasteiger partial charge on any atom is -0.350 e. The molecule has 4 nitrogen and oxygen atoms in total. The molecule has 2 aromatic carbocycles. The summed E-state index contributed by atoms with van der Waals surface area (Å²) >= 11 is 0. The van der Waals surface area contributed by atoms with Crippen molar-refractivity contribution in [2.24, 2.45) is 0 Å². The van der Waals surface area contributed by atoms with Crippen LogP contribution in [0.1, 0.15) is 18.1 Å². The Labute approximate surface area is 137 Å². The van der Waals surface area contributed by atoms with Crippen molar-refractivity contribution in [3.05, 3.63) is 71.8 Å². The van der Waals surface area contributed by atoms with Gasteiger partial charge in [-0.1, -0.05) is 60.7 Å². The van der Waals surface area contributed by atoms with Crippen LogP contribution in [0.3, 0.4) is 0 Å². The molecule has 0 aliphatic carbocycles. The predicted molar refractivity (Wildman–Crippen MR) is 90.7 cm³/mol. The lowest BCUT2D eigenvalue weighted by Gasteiger charge is -2.20. The molecular weight excluding hydrogens is 288 g/mol. The zero-order chi connectivity index (χ0) is 16.5. The van der Waals surface area contributed by atoms with E-state index in [2.05, 4.69) is 5.32 Å². The van der Waals surface area contributed by atoms with Gasteiger partial charge in [0, 0.05) is 20.0 Å². The maximum absolute atomic E-state index is 12.0. The van der Waals surface area contributed by atoms with E-state index in [9.17, 15) is 9.59 Å². The van der Waals surface area contributed by atoms with Crippen molar-refractivity contribution in [2.75, 3.05) is 13.1 Å². The molecule has 0 radical (unpaired) electrons. The Hall–Kier alpha value is -2.62. The Morgan fingerprint density at radius 3 is 2.04 bits per heavy atom. The van der Waals surface area contributed by atoms with Crippen LogP contribution in [0.5, 0.6) is 0 Å². The molecule has 0 bridgehead atoms. The summed E-state index contributed by atoms with van der Waals surface area (Å²) in [6, 6.07) is 19.7. The normalized spacial score (nSPS) is 10.1. The summed E-state index contributed by atoms with van der Waals surface area (Å²) in [7, 11) is 0. The van der Waals surface area contributed by atoms with E-state index in [-0.39, 0.29) is 18.4 Å². The van der Waals surface area contributed by atoms with Gasteiger partial charge >= 0.3 is 0 Å². The highest BCUT2D eigenvalue weighted by molar-refractivity contribution is 5.83. The van der Waals surface area contributed by atoms with Crippen LogP contribution >= 0.6 is 0 Å². The highest BCUT2D eigenvalue weighted by Crippen LogP contribution is 2.02. The Bertz CT molecular complexity index is 626. The Balaban J connectivity index is 1.81. The standard InChI is InChI=1S/C19H22N2O2/c1-16(22)21(13-12-17-8-4-2-5-9-17)15-19(23)20-14-18-10-6-3-7-11-18/h2-11H,12-15H2,1H3,(H,20,23). The summed E-state index contributed by atoms with van der Waals surface area (Å²) in [4.78, 5) is 25.3. The molecule has 0 spiro atoms. The minimum absolute atomic E-state index is 0.0872. The number of hydrogen-bond acceptors (Lipinski definition) is 2. The van der Waals surface area contributed by atoms with E-state index in [0.717, 1.165) is 17.5 Å². The zero-order valence-electron chi connectivity index (χ0n) is 13.4. The van der Waals surface area contributed by atoms with E-state index in [4.69, 9.17) is 0 Å². The van der Waals surface area contributed by atoms with Gasteiger partial charge in [0.15, 0.2) is 0 Å². The van der Waals surface area contributed by atoms with Crippen LogP contribution in [0.2, 0.25) is 0 Å². The number of benzene rings is 2. The van der Waals surface area contributed by atoms with Crippen LogP contribution in [0.15, 0.2) is 60.7 Å². The summed E-state index contributed by atoms with van der Waals surface area (Å²) in [5.41, 5.74) is 2.20. The molecule has 120 valence electrons. The molecule has 0 fully saturated rings. The number of nitrogens with zero attached hydrogens (tertiary/aromatic N) is 1. The largest absolute Gasteiger partial charge is 0.350 e. The fourth-order valence-corrected chi connectivity index (χ4v) is 2.28. The third-order valence-corrected chi connectivity index (χ3v) is 3.63. The van der Waals surface area contributed by atoms with E-state index in [1.165, 1.54) is 6.92 Å². The van der Waals surface area contributed by atoms with Crippen molar-refractivity contribution < 1.29 is 9.59 Å². The number of amides is 2. The smallest absolute Gasteiger partial charge is 0.239 e. The summed E-state index contributed by atoms with van der Waals surface area (Å²) in [6.07, 6.45) is 0.742. The quantitative estimate of drug-likeness (QED) is 0.853. The molecule has 2 rings (SSSR count). The third kappa shape index (κ3) is 5.94. The molecule has 0 aromatic heterocycles. The van der Waals surface area contributed by atoms with Gasteiger partial charge in [-0.25, -0.2) is 0 Å². The minimum atomic E-state index is -0.142. The van der Waals surface area contributed by atoms with Gasteiger partial charge in [0.2, 0.25) is 11.8 Å². The average Bonchev–Trinajstić information content (AvgIpc) is 2.58. The van der Waals surface area contributed by atoms with Crippen molar-refractivity contribution in [3.63, 3.8) is 0 Å². The first-order valence-electron chi connectivity index (χ1n) is 7.75. The van der Waals surface area contributed by atoms with Gasteiger partial charge in [-0.15, -0.1) is 0 Å². The number of carbonyl (C=O) groups excluding carboxylic acids is 2. The van der Waals surface area contributed by atoms with Gasteiger partial charge < -0.3 is 10.2 Å². The number of nitrogens with one attached hydrogen (secondary N) is 1. The molecule has 0 heterocycles. The second-order valence-electron chi connectivity index (χ2n) is 5.44. The van der Waals surface area contributed by atoms with Crippen LogP contribution in [-0.2, 0) is 22.6 Å². The Morgan fingerprint density at radius 1 is 0.913 bits per heavy atom. The highest BCUT2D eigenvalue weighted by atomic mass is 16.2. The van der Waals surface area contributed by atoms with Gasteiger partial charge in [-0.2, -0.15) is 0 Å². The van der Waals surface area contributed by atoms with E-state index in [0.29, 0.717) is 13.1 Å². The zero-order valence-corrected chi connectivity index (χ0v) is 13.4. The molecule has 0 aliphatic rings. The molecule has 2 amide bonds. The maximum atomic E-state index is 12.0. The van der Waals surface area contributed by atoms with Crippen molar-refractivity contribution >= 4 is 11.8 Å². The molecule has 2 aromatic rings. The van der Waals surface area contributed by atoms with Gasteiger partial charge in [-0.3, -0.25) is 9.59 Å². The summed E-state index contributed by atoms with van der Waals surface area (Å²) in [6.45, 7) is 2.60. The average molecular weight is 310 g/mol. The highest BCUT2D eigenvalue weighted by Gasteiger charge is 2.13. The van der Waals surface area contributed by atoms with Crippen molar-refractivity contribution in [2.45, 2.75) is 19.9 Å². The summed E-state index contributed by atoms with van der Waals surface area (Å²) in [5, 5.41) is 2.85. The second kappa shape index (κ2) is 8.73. The van der Waals surface area contributed by atoms with Gasteiger partial charge in [0.05, 0.1) is 6.54 Å². The molecule has 0 unspecified atom stereocenters. The second-order valence-corrected chi connectivity index (χ2v) is 5.44. The van der Waals surface area contributed by atoms with Crippen LogP contribution in [0, 0.1) is 0 Å². The Morgan fingerprint density at radius 2 is 1.48 bits per heavy atom.